The third kappa shape index (κ3) is 7.76. The summed E-state index contributed by atoms with van der Waals surface area (Å²) in [5, 5.41) is 0. The molecule has 1 heterocycles. The Bertz CT molecular complexity index is 253. The summed E-state index contributed by atoms with van der Waals surface area (Å²) in [6, 6.07) is 0.878. The van der Waals surface area contributed by atoms with Gasteiger partial charge in [-0.1, -0.05) is 64.7 Å². The normalized spacial score (nSPS) is 14.7. The molecule has 1 aliphatic rings. The molecule has 1 rings (SSSR count). The third-order valence-electron chi connectivity index (χ3n) is 3.94. The van der Waals surface area contributed by atoms with E-state index >= 15 is 0 Å². The van der Waals surface area contributed by atoms with Gasteiger partial charge in [0.15, 0.2) is 0 Å². The van der Waals surface area contributed by atoms with E-state index in [1.165, 1.54) is 64.2 Å². The second-order valence-corrected chi connectivity index (χ2v) is 5.77. The molecule has 0 amide bonds. The number of ether oxygens (including phenoxy) is 1. The van der Waals surface area contributed by atoms with Gasteiger partial charge in [-0.15, -0.1) is 0 Å². The fraction of sp³-hybridized carbons (Fsp3) is 0.941. The molecule has 0 aliphatic carbocycles. The van der Waals surface area contributed by atoms with E-state index in [0.717, 1.165) is 32.3 Å². The summed E-state index contributed by atoms with van der Waals surface area (Å²) in [6.45, 7) is 8.12. The van der Waals surface area contributed by atoms with Crippen molar-refractivity contribution in [1.82, 2.24) is 4.90 Å². The maximum atomic E-state index is 5.53. The molecule has 118 valence electrons. The van der Waals surface area contributed by atoms with Gasteiger partial charge in [-0.2, -0.15) is 0 Å². The van der Waals surface area contributed by atoms with Crippen LogP contribution in [-0.4, -0.2) is 37.2 Å². The minimum atomic E-state index is 0.730. The lowest BCUT2D eigenvalue weighted by atomic mass is 10.1. The molecule has 3 heteroatoms. The monoisotopic (exact) mass is 282 g/mol. The second kappa shape index (κ2) is 12.0. The van der Waals surface area contributed by atoms with Gasteiger partial charge in [0, 0.05) is 13.1 Å². The number of aliphatic imine (C=N–C) groups is 1. The number of hydrogen-bond acceptors (Lipinski definition) is 3. The van der Waals surface area contributed by atoms with Crippen LogP contribution in [-0.2, 0) is 4.74 Å². The molecule has 3 nitrogen and oxygen atoms in total. The first kappa shape index (κ1) is 17.3. The van der Waals surface area contributed by atoms with Crippen LogP contribution in [0, 0.1) is 0 Å². The summed E-state index contributed by atoms with van der Waals surface area (Å²) < 4.78 is 5.53. The largest absolute Gasteiger partial charge is 0.465 e. The Hall–Kier alpha value is -0.730. The van der Waals surface area contributed by atoms with Gasteiger partial charge < -0.3 is 9.64 Å². The maximum Gasteiger partial charge on any atom is 0.287 e. The molecule has 0 radical (unpaired) electrons. The van der Waals surface area contributed by atoms with E-state index in [1.54, 1.807) is 0 Å². The molecule has 20 heavy (non-hydrogen) atoms. The van der Waals surface area contributed by atoms with Gasteiger partial charge in [0.2, 0.25) is 0 Å². The van der Waals surface area contributed by atoms with E-state index < -0.39 is 0 Å². The molecule has 0 aromatic carbocycles. The van der Waals surface area contributed by atoms with Crippen molar-refractivity contribution in [3.05, 3.63) is 0 Å². The molecule has 0 saturated carbocycles. The Morgan fingerprint density at radius 2 is 1.50 bits per heavy atom. The highest BCUT2D eigenvalue weighted by atomic mass is 16.5. The molecule has 0 spiro atoms. The molecular weight excluding hydrogens is 248 g/mol. The standard InChI is InChI=1S/C17H34N2O/c1-3-5-6-7-8-9-10-11-12-13-15-19-16-14-18-17(19)20-4-2/h3-16H2,1-2H3. The summed E-state index contributed by atoms with van der Waals surface area (Å²) in [4.78, 5) is 6.69. The summed E-state index contributed by atoms with van der Waals surface area (Å²) in [6.07, 6.45) is 13.9. The minimum absolute atomic E-state index is 0.730. The first-order valence-electron chi connectivity index (χ1n) is 8.80. The molecule has 0 unspecified atom stereocenters. The Morgan fingerprint density at radius 3 is 2.10 bits per heavy atom. The van der Waals surface area contributed by atoms with Crippen molar-refractivity contribution in [3.63, 3.8) is 0 Å². The lowest BCUT2D eigenvalue weighted by molar-refractivity contribution is 0.257. The predicted octanol–water partition coefficient (Wildman–Crippen LogP) is 4.62. The van der Waals surface area contributed by atoms with Crippen LogP contribution in [0.1, 0.15) is 78.1 Å². The molecule has 0 atom stereocenters. The van der Waals surface area contributed by atoms with E-state index in [4.69, 9.17) is 4.74 Å². The highest BCUT2D eigenvalue weighted by molar-refractivity contribution is 5.75. The van der Waals surface area contributed by atoms with Crippen LogP contribution >= 0.6 is 0 Å². The number of unbranched alkanes of at least 4 members (excludes halogenated alkanes) is 9. The van der Waals surface area contributed by atoms with Gasteiger partial charge in [0.25, 0.3) is 6.02 Å². The van der Waals surface area contributed by atoms with Crippen LogP contribution in [0.3, 0.4) is 0 Å². The fourth-order valence-corrected chi connectivity index (χ4v) is 2.73. The van der Waals surface area contributed by atoms with E-state index in [2.05, 4.69) is 16.8 Å². The summed E-state index contributed by atoms with van der Waals surface area (Å²) in [5.41, 5.74) is 0. The van der Waals surface area contributed by atoms with Crippen molar-refractivity contribution >= 4 is 6.02 Å². The van der Waals surface area contributed by atoms with Crippen molar-refractivity contribution in [1.29, 1.82) is 0 Å². The van der Waals surface area contributed by atoms with Crippen molar-refractivity contribution in [2.45, 2.75) is 78.1 Å². The van der Waals surface area contributed by atoms with E-state index in [1.807, 2.05) is 6.92 Å². The Balaban J connectivity index is 1.86. The van der Waals surface area contributed by atoms with Gasteiger partial charge in [-0.05, 0) is 13.3 Å². The zero-order valence-electron chi connectivity index (χ0n) is 13.7. The molecule has 0 fully saturated rings. The van der Waals surface area contributed by atoms with Crippen LogP contribution < -0.4 is 0 Å². The van der Waals surface area contributed by atoms with Crippen molar-refractivity contribution in [2.75, 3.05) is 26.2 Å². The highest BCUT2D eigenvalue weighted by Crippen LogP contribution is 2.11. The molecule has 0 bridgehead atoms. The first-order valence-corrected chi connectivity index (χ1v) is 8.80. The van der Waals surface area contributed by atoms with Gasteiger partial charge in [-0.3, -0.25) is 0 Å². The molecule has 1 aliphatic heterocycles. The van der Waals surface area contributed by atoms with Crippen LogP contribution in [0.4, 0.5) is 0 Å². The summed E-state index contributed by atoms with van der Waals surface area (Å²) >= 11 is 0. The Labute approximate surface area is 125 Å². The lowest BCUT2D eigenvalue weighted by Crippen LogP contribution is -2.30. The quantitative estimate of drug-likeness (QED) is 0.488. The Kier molecular flexibility index (Phi) is 10.4. The molecular formula is C17H34N2O. The van der Waals surface area contributed by atoms with Crippen LogP contribution in [0.25, 0.3) is 0 Å². The molecule has 0 saturated heterocycles. The molecule has 0 N–H and O–H groups in total. The number of nitrogens with zero attached hydrogens (tertiary/aromatic N) is 2. The van der Waals surface area contributed by atoms with Gasteiger partial charge >= 0.3 is 0 Å². The fourth-order valence-electron chi connectivity index (χ4n) is 2.73. The van der Waals surface area contributed by atoms with Gasteiger partial charge in [-0.25, -0.2) is 4.99 Å². The summed E-state index contributed by atoms with van der Waals surface area (Å²) in [5.74, 6) is 0. The van der Waals surface area contributed by atoms with Gasteiger partial charge in [0.1, 0.15) is 0 Å². The number of rotatable bonds is 12. The van der Waals surface area contributed by atoms with Crippen LogP contribution in [0.5, 0.6) is 0 Å². The SMILES string of the molecule is CCCCCCCCCCCCN1CCN=C1OCC. The zero-order valence-corrected chi connectivity index (χ0v) is 13.7. The van der Waals surface area contributed by atoms with Crippen molar-refractivity contribution in [2.24, 2.45) is 4.99 Å². The average Bonchev–Trinajstić information content (AvgIpc) is 2.89. The number of hydrogen-bond donors (Lipinski definition) is 0. The van der Waals surface area contributed by atoms with Gasteiger partial charge in [0.05, 0.1) is 13.2 Å². The van der Waals surface area contributed by atoms with Crippen LogP contribution in [0.2, 0.25) is 0 Å². The third-order valence-corrected chi connectivity index (χ3v) is 3.94. The highest BCUT2D eigenvalue weighted by Gasteiger charge is 2.16. The topological polar surface area (TPSA) is 24.8 Å². The van der Waals surface area contributed by atoms with Crippen molar-refractivity contribution in [3.8, 4) is 0 Å². The second-order valence-electron chi connectivity index (χ2n) is 5.77. The molecule has 0 aromatic rings. The molecule has 0 aromatic heterocycles. The first-order chi connectivity index (χ1) is 9.88. The number of amidine groups is 1. The Morgan fingerprint density at radius 1 is 0.900 bits per heavy atom. The lowest BCUT2D eigenvalue weighted by Gasteiger charge is -2.19. The van der Waals surface area contributed by atoms with Crippen LogP contribution in [0.15, 0.2) is 4.99 Å². The predicted molar refractivity (Wildman–Crippen MR) is 87.3 cm³/mol. The average molecular weight is 282 g/mol. The van der Waals surface area contributed by atoms with E-state index in [-0.39, 0.29) is 0 Å². The minimum Gasteiger partial charge on any atom is -0.465 e. The smallest absolute Gasteiger partial charge is 0.287 e. The van der Waals surface area contributed by atoms with E-state index in [0.29, 0.717) is 0 Å². The zero-order chi connectivity index (χ0) is 14.5. The maximum absolute atomic E-state index is 5.53. The van der Waals surface area contributed by atoms with Crippen molar-refractivity contribution < 1.29 is 4.74 Å². The summed E-state index contributed by atoms with van der Waals surface area (Å²) in [7, 11) is 0. The van der Waals surface area contributed by atoms with E-state index in [9.17, 15) is 0 Å².